The van der Waals surface area contributed by atoms with Gasteiger partial charge in [-0.2, -0.15) is 4.98 Å². The van der Waals surface area contributed by atoms with E-state index in [-0.39, 0.29) is 5.95 Å². The van der Waals surface area contributed by atoms with Gasteiger partial charge in [-0.1, -0.05) is 0 Å². The van der Waals surface area contributed by atoms with Gasteiger partial charge >= 0.3 is 0 Å². The lowest BCUT2D eigenvalue weighted by atomic mass is 9.99. The zero-order valence-corrected chi connectivity index (χ0v) is 14.1. The van der Waals surface area contributed by atoms with Gasteiger partial charge in [0, 0.05) is 23.6 Å². The molecular formula is C17H20N4O3. The van der Waals surface area contributed by atoms with E-state index in [1.54, 1.807) is 20.4 Å². The molecule has 7 nitrogen and oxygen atoms in total. The van der Waals surface area contributed by atoms with Crippen LogP contribution in [-0.2, 0) is 6.42 Å². The first-order valence-corrected chi connectivity index (χ1v) is 7.46. The van der Waals surface area contributed by atoms with E-state index in [1.165, 1.54) is 0 Å². The van der Waals surface area contributed by atoms with Crippen LogP contribution in [0.3, 0.4) is 0 Å². The van der Waals surface area contributed by atoms with Crippen molar-refractivity contribution in [3.05, 3.63) is 34.7 Å². The summed E-state index contributed by atoms with van der Waals surface area (Å²) < 4.78 is 16.8. The zero-order valence-electron chi connectivity index (χ0n) is 14.1. The Labute approximate surface area is 139 Å². The van der Waals surface area contributed by atoms with Gasteiger partial charge in [-0.15, -0.1) is 0 Å². The van der Waals surface area contributed by atoms with Crippen molar-refractivity contribution in [1.82, 2.24) is 9.97 Å². The van der Waals surface area contributed by atoms with E-state index < -0.39 is 0 Å². The second-order valence-electron chi connectivity index (χ2n) is 5.57. The van der Waals surface area contributed by atoms with E-state index in [9.17, 15) is 0 Å². The predicted octanol–water partition coefficient (Wildman–Crippen LogP) is 2.61. The lowest BCUT2D eigenvalue weighted by molar-refractivity contribution is 0.352. The average Bonchev–Trinajstić information content (AvgIpc) is 2.85. The van der Waals surface area contributed by atoms with Crippen LogP contribution in [0.15, 0.2) is 16.7 Å². The standard InChI is InChI=1S/C17H20N4O3/c1-8-9(2)24-15-13(8)10(6-12(22-3)14(15)23-4)5-11-7-20-17(19)21-16(11)18/h6-7H,5H2,1-4H3,(H4,18,19,20,21). The summed E-state index contributed by atoms with van der Waals surface area (Å²) in [5.74, 6) is 2.53. The number of nitrogens with two attached hydrogens (primary N) is 2. The van der Waals surface area contributed by atoms with Gasteiger partial charge < -0.3 is 25.4 Å². The molecule has 2 heterocycles. The minimum absolute atomic E-state index is 0.157. The lowest BCUT2D eigenvalue weighted by Gasteiger charge is -2.12. The molecule has 3 aromatic rings. The molecule has 0 atom stereocenters. The van der Waals surface area contributed by atoms with E-state index in [4.69, 9.17) is 25.4 Å². The number of hydrogen-bond donors (Lipinski definition) is 2. The molecular weight excluding hydrogens is 308 g/mol. The molecule has 0 aliphatic carbocycles. The summed E-state index contributed by atoms with van der Waals surface area (Å²) in [7, 11) is 3.19. The van der Waals surface area contributed by atoms with Crippen molar-refractivity contribution in [2.24, 2.45) is 0 Å². The SMILES string of the molecule is COc1cc(Cc2cnc(N)nc2N)c2c(C)c(C)oc2c1OC. The molecule has 0 saturated carbocycles. The fraction of sp³-hybridized carbons (Fsp3) is 0.294. The third-order valence-electron chi connectivity index (χ3n) is 4.16. The minimum Gasteiger partial charge on any atom is -0.493 e. The molecule has 0 bridgehead atoms. The molecule has 7 heteroatoms. The normalized spacial score (nSPS) is 11.0. The summed E-state index contributed by atoms with van der Waals surface area (Å²) in [5.41, 5.74) is 15.0. The van der Waals surface area contributed by atoms with Crippen molar-refractivity contribution < 1.29 is 13.9 Å². The Morgan fingerprint density at radius 2 is 1.88 bits per heavy atom. The smallest absolute Gasteiger partial charge is 0.221 e. The quantitative estimate of drug-likeness (QED) is 0.757. The third kappa shape index (κ3) is 2.47. The number of methoxy groups -OCH3 is 2. The lowest BCUT2D eigenvalue weighted by Crippen LogP contribution is -2.04. The first kappa shape index (κ1) is 15.9. The fourth-order valence-electron chi connectivity index (χ4n) is 2.84. The van der Waals surface area contributed by atoms with E-state index in [0.717, 1.165) is 27.8 Å². The van der Waals surface area contributed by atoms with Gasteiger partial charge in [0.15, 0.2) is 11.3 Å². The average molecular weight is 328 g/mol. The minimum atomic E-state index is 0.157. The number of aryl methyl sites for hydroxylation is 2. The van der Waals surface area contributed by atoms with Crippen molar-refractivity contribution >= 4 is 22.7 Å². The molecule has 0 aliphatic heterocycles. The fourth-order valence-corrected chi connectivity index (χ4v) is 2.84. The molecule has 0 radical (unpaired) electrons. The van der Waals surface area contributed by atoms with Crippen molar-refractivity contribution in [1.29, 1.82) is 0 Å². The van der Waals surface area contributed by atoms with Crippen LogP contribution in [0.25, 0.3) is 11.0 Å². The second kappa shape index (κ2) is 5.92. The highest BCUT2D eigenvalue weighted by Gasteiger charge is 2.21. The Morgan fingerprint density at radius 1 is 1.12 bits per heavy atom. The largest absolute Gasteiger partial charge is 0.493 e. The predicted molar refractivity (Wildman–Crippen MR) is 92.5 cm³/mol. The number of rotatable bonds is 4. The highest BCUT2D eigenvalue weighted by Crippen LogP contribution is 2.42. The van der Waals surface area contributed by atoms with Crippen LogP contribution in [0.4, 0.5) is 11.8 Å². The van der Waals surface area contributed by atoms with E-state index in [0.29, 0.717) is 29.3 Å². The number of aromatic nitrogens is 2. The second-order valence-corrected chi connectivity index (χ2v) is 5.57. The third-order valence-corrected chi connectivity index (χ3v) is 4.16. The summed E-state index contributed by atoms with van der Waals surface area (Å²) >= 11 is 0. The molecule has 0 amide bonds. The van der Waals surface area contributed by atoms with Crippen LogP contribution < -0.4 is 20.9 Å². The first-order valence-electron chi connectivity index (χ1n) is 7.46. The number of nitrogen functional groups attached to an aromatic ring is 2. The molecule has 0 aliphatic rings. The summed E-state index contributed by atoms with van der Waals surface area (Å²) in [6.45, 7) is 3.94. The molecule has 0 saturated heterocycles. The summed E-state index contributed by atoms with van der Waals surface area (Å²) in [6, 6.07) is 1.93. The van der Waals surface area contributed by atoms with E-state index in [1.807, 2.05) is 19.9 Å². The van der Waals surface area contributed by atoms with Gasteiger partial charge in [0.05, 0.1) is 14.2 Å². The summed E-state index contributed by atoms with van der Waals surface area (Å²) in [4.78, 5) is 8.05. The highest BCUT2D eigenvalue weighted by atomic mass is 16.5. The topological polar surface area (TPSA) is 109 Å². The molecule has 126 valence electrons. The molecule has 0 unspecified atom stereocenters. The maximum Gasteiger partial charge on any atom is 0.221 e. The van der Waals surface area contributed by atoms with E-state index in [2.05, 4.69) is 9.97 Å². The van der Waals surface area contributed by atoms with Crippen LogP contribution in [-0.4, -0.2) is 24.2 Å². The number of furan rings is 1. The van der Waals surface area contributed by atoms with Gasteiger partial charge in [-0.25, -0.2) is 4.98 Å². The Morgan fingerprint density at radius 3 is 2.50 bits per heavy atom. The summed E-state index contributed by atoms with van der Waals surface area (Å²) in [6.07, 6.45) is 2.17. The van der Waals surface area contributed by atoms with Gasteiger partial charge in [-0.3, -0.25) is 0 Å². The molecule has 0 fully saturated rings. The van der Waals surface area contributed by atoms with Crippen LogP contribution >= 0.6 is 0 Å². The zero-order chi connectivity index (χ0) is 17.4. The molecule has 0 spiro atoms. The van der Waals surface area contributed by atoms with Gasteiger partial charge in [0.2, 0.25) is 11.7 Å². The molecule has 1 aromatic carbocycles. The molecule has 4 N–H and O–H groups in total. The number of fused-ring (bicyclic) bond motifs is 1. The number of hydrogen-bond acceptors (Lipinski definition) is 7. The number of benzene rings is 1. The van der Waals surface area contributed by atoms with Crippen LogP contribution in [0, 0.1) is 13.8 Å². The van der Waals surface area contributed by atoms with E-state index >= 15 is 0 Å². The van der Waals surface area contributed by atoms with Crippen molar-refractivity contribution in [3.8, 4) is 11.5 Å². The maximum atomic E-state index is 5.97. The number of nitrogens with zero attached hydrogens (tertiary/aromatic N) is 2. The number of anilines is 2. The van der Waals surface area contributed by atoms with Crippen LogP contribution in [0.1, 0.15) is 22.5 Å². The first-order chi connectivity index (χ1) is 11.5. The van der Waals surface area contributed by atoms with Crippen LogP contribution in [0.5, 0.6) is 11.5 Å². The Kier molecular flexibility index (Phi) is 3.92. The Hall–Kier alpha value is -2.96. The van der Waals surface area contributed by atoms with Gasteiger partial charge in [-0.05, 0) is 31.0 Å². The Balaban J connectivity index is 2.23. The van der Waals surface area contributed by atoms with Gasteiger partial charge in [0.1, 0.15) is 11.6 Å². The van der Waals surface area contributed by atoms with Gasteiger partial charge in [0.25, 0.3) is 0 Å². The van der Waals surface area contributed by atoms with Crippen LogP contribution in [0.2, 0.25) is 0 Å². The van der Waals surface area contributed by atoms with Crippen molar-refractivity contribution in [3.63, 3.8) is 0 Å². The molecule has 24 heavy (non-hydrogen) atoms. The van der Waals surface area contributed by atoms with Crippen molar-refractivity contribution in [2.45, 2.75) is 20.3 Å². The Bertz CT molecular complexity index is 918. The molecule has 3 rings (SSSR count). The highest BCUT2D eigenvalue weighted by molar-refractivity contribution is 5.92. The summed E-state index contributed by atoms with van der Waals surface area (Å²) in [5, 5.41) is 0.987. The monoisotopic (exact) mass is 328 g/mol. The number of ether oxygens (including phenoxy) is 2. The molecule has 2 aromatic heterocycles. The maximum absolute atomic E-state index is 5.97. The van der Waals surface area contributed by atoms with Crippen molar-refractivity contribution in [2.75, 3.05) is 25.7 Å².